The van der Waals surface area contributed by atoms with Crippen molar-refractivity contribution in [3.05, 3.63) is 35.9 Å². The van der Waals surface area contributed by atoms with Gasteiger partial charge in [-0.25, -0.2) is 0 Å². The number of carbonyl (C=O) groups is 1. The van der Waals surface area contributed by atoms with E-state index in [2.05, 4.69) is 50.4 Å². The molecule has 0 radical (unpaired) electrons. The molecule has 0 aliphatic heterocycles. The Morgan fingerprint density at radius 1 is 1.30 bits per heavy atom. The van der Waals surface area contributed by atoms with Crippen LogP contribution in [0.5, 0.6) is 0 Å². The molecule has 0 spiro atoms. The predicted molar refractivity (Wildman–Crippen MR) is 82.8 cm³/mol. The molecule has 0 saturated heterocycles. The van der Waals surface area contributed by atoms with Gasteiger partial charge in [-0.05, 0) is 31.2 Å². The summed E-state index contributed by atoms with van der Waals surface area (Å²) in [6, 6.07) is 10.9. The van der Waals surface area contributed by atoms with E-state index in [4.69, 9.17) is 4.74 Å². The second-order valence-electron chi connectivity index (χ2n) is 5.86. The van der Waals surface area contributed by atoms with Crippen molar-refractivity contribution in [1.82, 2.24) is 5.32 Å². The summed E-state index contributed by atoms with van der Waals surface area (Å²) < 4.78 is 4.91. The Morgan fingerprint density at radius 3 is 2.55 bits per heavy atom. The summed E-state index contributed by atoms with van der Waals surface area (Å²) in [5, 5.41) is 3.40. The zero-order valence-corrected chi connectivity index (χ0v) is 13.1. The molecule has 1 rings (SSSR count). The van der Waals surface area contributed by atoms with Crippen LogP contribution in [0.3, 0.4) is 0 Å². The van der Waals surface area contributed by atoms with Crippen LogP contribution in [0.25, 0.3) is 0 Å². The third-order valence-electron chi connectivity index (χ3n) is 3.50. The van der Waals surface area contributed by atoms with Crippen LogP contribution in [0.2, 0.25) is 0 Å². The number of benzene rings is 1. The van der Waals surface area contributed by atoms with E-state index < -0.39 is 0 Å². The normalized spacial score (nSPS) is 13.0. The SMILES string of the molecule is CCOC(=O)CCNC(C)CC(C)(C)c1ccccc1. The zero-order valence-electron chi connectivity index (χ0n) is 13.1. The number of hydrogen-bond acceptors (Lipinski definition) is 3. The molecule has 20 heavy (non-hydrogen) atoms. The van der Waals surface area contributed by atoms with Gasteiger partial charge in [0.2, 0.25) is 0 Å². The Kier molecular flexibility index (Phi) is 6.73. The van der Waals surface area contributed by atoms with Crippen molar-refractivity contribution in [2.45, 2.75) is 52.0 Å². The summed E-state index contributed by atoms with van der Waals surface area (Å²) in [6.07, 6.45) is 1.46. The van der Waals surface area contributed by atoms with Crippen LogP contribution in [-0.4, -0.2) is 25.2 Å². The standard InChI is InChI=1S/C17H27NO2/c1-5-20-16(19)11-12-18-14(2)13-17(3,4)15-9-7-6-8-10-15/h6-10,14,18H,5,11-13H2,1-4H3. The lowest BCUT2D eigenvalue weighted by atomic mass is 9.79. The van der Waals surface area contributed by atoms with Crippen molar-refractivity contribution in [3.8, 4) is 0 Å². The molecule has 1 atom stereocenters. The highest BCUT2D eigenvalue weighted by atomic mass is 16.5. The van der Waals surface area contributed by atoms with E-state index in [1.165, 1.54) is 5.56 Å². The minimum atomic E-state index is -0.130. The van der Waals surface area contributed by atoms with Crippen LogP contribution in [-0.2, 0) is 14.9 Å². The minimum absolute atomic E-state index is 0.123. The number of ether oxygens (including phenoxy) is 1. The van der Waals surface area contributed by atoms with Crippen molar-refractivity contribution in [2.75, 3.05) is 13.2 Å². The van der Waals surface area contributed by atoms with Gasteiger partial charge in [0, 0.05) is 12.6 Å². The molecule has 0 fully saturated rings. The van der Waals surface area contributed by atoms with Gasteiger partial charge in [0.25, 0.3) is 0 Å². The highest BCUT2D eigenvalue weighted by Gasteiger charge is 2.22. The fraction of sp³-hybridized carbons (Fsp3) is 0.588. The summed E-state index contributed by atoms with van der Waals surface area (Å²) in [6.45, 7) is 9.63. The number of carbonyl (C=O) groups excluding carboxylic acids is 1. The average molecular weight is 277 g/mol. The van der Waals surface area contributed by atoms with Crippen LogP contribution in [0.15, 0.2) is 30.3 Å². The van der Waals surface area contributed by atoms with Crippen LogP contribution >= 0.6 is 0 Å². The molecule has 0 amide bonds. The maximum atomic E-state index is 11.3. The van der Waals surface area contributed by atoms with Crippen LogP contribution in [0.1, 0.15) is 46.1 Å². The van der Waals surface area contributed by atoms with Crippen molar-refractivity contribution in [1.29, 1.82) is 0 Å². The molecule has 3 heteroatoms. The van der Waals surface area contributed by atoms with Gasteiger partial charge in [-0.15, -0.1) is 0 Å². The lowest BCUT2D eigenvalue weighted by Gasteiger charge is -2.29. The Morgan fingerprint density at radius 2 is 1.95 bits per heavy atom. The summed E-state index contributed by atoms with van der Waals surface area (Å²) in [5.41, 5.74) is 1.47. The molecule has 112 valence electrons. The number of rotatable bonds is 8. The van der Waals surface area contributed by atoms with E-state index >= 15 is 0 Å². The molecule has 3 nitrogen and oxygen atoms in total. The molecular weight excluding hydrogens is 250 g/mol. The highest BCUT2D eigenvalue weighted by Crippen LogP contribution is 2.27. The van der Waals surface area contributed by atoms with Gasteiger partial charge < -0.3 is 10.1 Å². The predicted octanol–water partition coefficient (Wildman–Crippen LogP) is 3.29. The first-order valence-corrected chi connectivity index (χ1v) is 7.40. The molecule has 0 bridgehead atoms. The van der Waals surface area contributed by atoms with Gasteiger partial charge in [-0.3, -0.25) is 4.79 Å². The van der Waals surface area contributed by atoms with E-state index in [1.54, 1.807) is 0 Å². The first-order valence-electron chi connectivity index (χ1n) is 7.40. The van der Waals surface area contributed by atoms with Crippen molar-refractivity contribution in [2.24, 2.45) is 0 Å². The molecule has 1 aromatic carbocycles. The smallest absolute Gasteiger partial charge is 0.307 e. The molecule has 0 aromatic heterocycles. The maximum Gasteiger partial charge on any atom is 0.307 e. The Hall–Kier alpha value is -1.35. The van der Waals surface area contributed by atoms with Crippen LogP contribution < -0.4 is 5.32 Å². The monoisotopic (exact) mass is 277 g/mol. The van der Waals surface area contributed by atoms with Crippen LogP contribution in [0.4, 0.5) is 0 Å². The molecule has 0 aliphatic carbocycles. The van der Waals surface area contributed by atoms with Gasteiger partial charge in [0.1, 0.15) is 0 Å². The highest BCUT2D eigenvalue weighted by molar-refractivity contribution is 5.69. The topological polar surface area (TPSA) is 38.3 Å². The van der Waals surface area contributed by atoms with Gasteiger partial charge in [0.05, 0.1) is 13.0 Å². The summed E-state index contributed by atoms with van der Waals surface area (Å²) in [5.74, 6) is -0.130. The van der Waals surface area contributed by atoms with Gasteiger partial charge in [-0.1, -0.05) is 44.2 Å². The molecule has 0 aliphatic rings. The summed E-state index contributed by atoms with van der Waals surface area (Å²) >= 11 is 0. The van der Waals surface area contributed by atoms with Crippen molar-refractivity contribution >= 4 is 5.97 Å². The minimum Gasteiger partial charge on any atom is -0.466 e. The van der Waals surface area contributed by atoms with E-state index in [0.717, 1.165) is 6.42 Å². The summed E-state index contributed by atoms with van der Waals surface area (Å²) in [7, 11) is 0. The molecule has 1 aromatic rings. The lowest BCUT2D eigenvalue weighted by Crippen LogP contribution is -2.34. The molecular formula is C17H27NO2. The molecule has 1 N–H and O–H groups in total. The third kappa shape index (κ3) is 5.74. The number of nitrogens with one attached hydrogen (secondary N) is 1. The Bertz CT molecular complexity index is 401. The Balaban J connectivity index is 2.38. The van der Waals surface area contributed by atoms with Gasteiger partial charge in [-0.2, -0.15) is 0 Å². The molecule has 1 unspecified atom stereocenters. The van der Waals surface area contributed by atoms with E-state index in [-0.39, 0.29) is 11.4 Å². The number of esters is 1. The largest absolute Gasteiger partial charge is 0.466 e. The zero-order chi connectivity index (χ0) is 15.0. The first-order chi connectivity index (χ1) is 9.45. The fourth-order valence-corrected chi connectivity index (χ4v) is 2.50. The molecule has 0 heterocycles. The Labute approximate surface area is 122 Å². The second kappa shape index (κ2) is 8.05. The van der Waals surface area contributed by atoms with Gasteiger partial charge >= 0.3 is 5.97 Å². The number of hydrogen-bond donors (Lipinski definition) is 1. The molecule has 0 saturated carbocycles. The van der Waals surface area contributed by atoms with Crippen molar-refractivity contribution in [3.63, 3.8) is 0 Å². The second-order valence-corrected chi connectivity index (χ2v) is 5.86. The quantitative estimate of drug-likeness (QED) is 0.741. The maximum absolute atomic E-state index is 11.3. The summed E-state index contributed by atoms with van der Waals surface area (Å²) in [4.78, 5) is 11.3. The first kappa shape index (κ1) is 16.7. The van der Waals surface area contributed by atoms with E-state index in [1.807, 2.05) is 13.0 Å². The fourth-order valence-electron chi connectivity index (χ4n) is 2.50. The third-order valence-corrected chi connectivity index (χ3v) is 3.50. The van der Waals surface area contributed by atoms with Gasteiger partial charge in [0.15, 0.2) is 0 Å². The van der Waals surface area contributed by atoms with E-state index in [0.29, 0.717) is 25.6 Å². The van der Waals surface area contributed by atoms with E-state index in [9.17, 15) is 4.79 Å². The lowest BCUT2D eigenvalue weighted by molar-refractivity contribution is -0.142. The van der Waals surface area contributed by atoms with Crippen LogP contribution in [0, 0.1) is 0 Å². The van der Waals surface area contributed by atoms with Crippen molar-refractivity contribution < 1.29 is 9.53 Å². The average Bonchev–Trinajstić information content (AvgIpc) is 2.39.